The van der Waals surface area contributed by atoms with Crippen LogP contribution in [0.1, 0.15) is 26.7 Å². The molecule has 0 aromatic carbocycles. The maximum absolute atomic E-state index is 13.9. The van der Waals surface area contributed by atoms with E-state index in [1.54, 1.807) is 19.3 Å². The molecule has 0 saturated carbocycles. The van der Waals surface area contributed by atoms with E-state index >= 15 is 0 Å². The fourth-order valence-corrected chi connectivity index (χ4v) is 3.30. The third kappa shape index (κ3) is 7.40. The SMILES string of the molecule is CN=C(NCC(CC(C)C)N(C)C)NC1CCN(c2ncccc2F)C1.I. The smallest absolute Gasteiger partial charge is 0.191 e. The van der Waals surface area contributed by atoms with Gasteiger partial charge in [-0.3, -0.25) is 4.99 Å². The first-order valence-corrected chi connectivity index (χ1v) is 9.39. The summed E-state index contributed by atoms with van der Waals surface area (Å²) in [6, 6.07) is 3.76. The standard InChI is InChI=1S/C19H33FN6.HI/c1-14(2)11-16(25(4)5)12-23-19(21-3)24-15-8-10-26(13-15)18-17(20)7-6-9-22-18;/h6-7,9,14-16H,8,10-13H2,1-5H3,(H2,21,23,24);1H. The topological polar surface area (TPSA) is 55.8 Å². The summed E-state index contributed by atoms with van der Waals surface area (Å²) >= 11 is 0. The summed E-state index contributed by atoms with van der Waals surface area (Å²) in [6.45, 7) is 6.84. The van der Waals surface area contributed by atoms with Gasteiger partial charge in [-0.15, -0.1) is 24.0 Å². The van der Waals surface area contributed by atoms with E-state index in [9.17, 15) is 4.39 Å². The van der Waals surface area contributed by atoms with Gasteiger partial charge in [-0.2, -0.15) is 0 Å². The van der Waals surface area contributed by atoms with Crippen LogP contribution in [-0.2, 0) is 0 Å². The van der Waals surface area contributed by atoms with Crippen molar-refractivity contribution in [2.24, 2.45) is 10.9 Å². The molecule has 0 aliphatic carbocycles. The van der Waals surface area contributed by atoms with Crippen LogP contribution in [0.15, 0.2) is 23.3 Å². The van der Waals surface area contributed by atoms with Crippen molar-refractivity contribution in [3.63, 3.8) is 0 Å². The lowest BCUT2D eigenvalue weighted by Crippen LogP contribution is -2.49. The second kappa shape index (κ2) is 11.6. The molecule has 27 heavy (non-hydrogen) atoms. The van der Waals surface area contributed by atoms with Gasteiger partial charge < -0.3 is 20.4 Å². The quantitative estimate of drug-likeness (QED) is 0.348. The number of hydrogen-bond acceptors (Lipinski definition) is 4. The van der Waals surface area contributed by atoms with Gasteiger partial charge in [-0.25, -0.2) is 9.37 Å². The van der Waals surface area contributed by atoms with Crippen molar-refractivity contribution in [3.8, 4) is 0 Å². The fourth-order valence-electron chi connectivity index (χ4n) is 3.30. The number of halogens is 2. The highest BCUT2D eigenvalue weighted by Gasteiger charge is 2.26. The Morgan fingerprint density at radius 3 is 2.78 bits per heavy atom. The van der Waals surface area contributed by atoms with Gasteiger partial charge in [0.05, 0.1) is 0 Å². The summed E-state index contributed by atoms with van der Waals surface area (Å²) in [7, 11) is 6.01. The van der Waals surface area contributed by atoms with Gasteiger partial charge in [0.25, 0.3) is 0 Å². The Hall–Kier alpha value is -1.16. The van der Waals surface area contributed by atoms with Crippen LogP contribution in [0.4, 0.5) is 10.2 Å². The molecule has 1 aromatic heterocycles. The highest BCUT2D eigenvalue weighted by molar-refractivity contribution is 14.0. The van der Waals surface area contributed by atoms with Gasteiger partial charge in [-0.05, 0) is 45.0 Å². The molecule has 0 radical (unpaired) electrons. The molecule has 8 heteroatoms. The number of nitrogens with one attached hydrogen (secondary N) is 2. The van der Waals surface area contributed by atoms with Crippen molar-refractivity contribution < 1.29 is 4.39 Å². The summed E-state index contributed by atoms with van der Waals surface area (Å²) in [5.74, 6) is 1.62. The van der Waals surface area contributed by atoms with Crippen molar-refractivity contribution in [2.45, 2.75) is 38.8 Å². The molecule has 0 spiro atoms. The summed E-state index contributed by atoms with van der Waals surface area (Å²) in [5.41, 5.74) is 0. The van der Waals surface area contributed by atoms with E-state index in [1.807, 2.05) is 4.90 Å². The number of guanidine groups is 1. The van der Waals surface area contributed by atoms with Crippen LogP contribution in [0.5, 0.6) is 0 Å². The zero-order valence-electron chi connectivity index (χ0n) is 17.1. The predicted octanol–water partition coefficient (Wildman–Crippen LogP) is 2.56. The lowest BCUT2D eigenvalue weighted by Gasteiger charge is -2.27. The Kier molecular flexibility index (Phi) is 10.3. The predicted molar refractivity (Wildman–Crippen MR) is 122 cm³/mol. The summed E-state index contributed by atoms with van der Waals surface area (Å²) in [6.07, 6.45) is 3.70. The maximum Gasteiger partial charge on any atom is 0.191 e. The van der Waals surface area contributed by atoms with Crippen molar-refractivity contribution in [3.05, 3.63) is 24.1 Å². The molecule has 1 fully saturated rings. The molecule has 1 aromatic rings. The third-order valence-corrected chi connectivity index (χ3v) is 4.77. The molecular weight excluding hydrogens is 458 g/mol. The fraction of sp³-hybridized carbons (Fsp3) is 0.684. The molecule has 2 rings (SSSR count). The monoisotopic (exact) mass is 492 g/mol. The molecule has 154 valence electrons. The second-order valence-electron chi connectivity index (χ2n) is 7.58. The average molecular weight is 492 g/mol. The number of rotatable bonds is 7. The minimum atomic E-state index is -0.266. The van der Waals surface area contributed by atoms with Crippen LogP contribution in [0.3, 0.4) is 0 Å². The minimum absolute atomic E-state index is 0. The van der Waals surface area contributed by atoms with E-state index in [0.717, 1.165) is 38.4 Å². The second-order valence-corrected chi connectivity index (χ2v) is 7.58. The lowest BCUT2D eigenvalue weighted by atomic mass is 10.0. The van der Waals surface area contributed by atoms with Gasteiger partial charge in [0.15, 0.2) is 17.6 Å². The number of likely N-dealkylation sites (N-methyl/N-ethyl adjacent to an activating group) is 1. The Bertz CT molecular complexity index is 595. The molecule has 0 amide bonds. The Morgan fingerprint density at radius 2 is 2.19 bits per heavy atom. The lowest BCUT2D eigenvalue weighted by molar-refractivity contribution is 0.254. The number of aliphatic imine (C=N–C) groups is 1. The van der Waals surface area contributed by atoms with E-state index in [0.29, 0.717) is 17.8 Å². The summed E-state index contributed by atoms with van der Waals surface area (Å²) in [5, 5.41) is 6.90. The summed E-state index contributed by atoms with van der Waals surface area (Å²) in [4.78, 5) is 12.8. The van der Waals surface area contributed by atoms with Gasteiger partial charge >= 0.3 is 0 Å². The Labute approximate surface area is 180 Å². The zero-order chi connectivity index (χ0) is 19.1. The van der Waals surface area contributed by atoms with Crippen LogP contribution in [-0.4, -0.2) is 68.7 Å². The zero-order valence-corrected chi connectivity index (χ0v) is 19.4. The van der Waals surface area contributed by atoms with Crippen molar-refractivity contribution in [1.29, 1.82) is 0 Å². The molecular formula is C19H34FIN6. The average Bonchev–Trinajstić information content (AvgIpc) is 3.05. The number of pyridine rings is 1. The van der Waals surface area contributed by atoms with Crippen LogP contribution < -0.4 is 15.5 Å². The first kappa shape index (κ1) is 23.9. The van der Waals surface area contributed by atoms with E-state index in [1.165, 1.54) is 6.07 Å². The normalized spacial score (nSPS) is 18.6. The van der Waals surface area contributed by atoms with E-state index in [2.05, 4.69) is 53.5 Å². The van der Waals surface area contributed by atoms with Crippen LogP contribution in [0, 0.1) is 11.7 Å². The minimum Gasteiger partial charge on any atom is -0.355 e. The Morgan fingerprint density at radius 1 is 1.44 bits per heavy atom. The van der Waals surface area contributed by atoms with E-state index < -0.39 is 0 Å². The highest BCUT2D eigenvalue weighted by Crippen LogP contribution is 2.20. The molecule has 2 atom stereocenters. The van der Waals surface area contributed by atoms with Crippen LogP contribution in [0.2, 0.25) is 0 Å². The number of anilines is 1. The number of nitrogens with zero attached hydrogens (tertiary/aromatic N) is 4. The Balaban J connectivity index is 0.00000364. The molecule has 2 unspecified atom stereocenters. The largest absolute Gasteiger partial charge is 0.355 e. The third-order valence-electron chi connectivity index (χ3n) is 4.77. The number of hydrogen-bond donors (Lipinski definition) is 2. The van der Waals surface area contributed by atoms with Crippen LogP contribution >= 0.6 is 24.0 Å². The maximum atomic E-state index is 13.9. The molecule has 1 aliphatic rings. The van der Waals surface area contributed by atoms with Gasteiger partial charge in [0.1, 0.15) is 0 Å². The van der Waals surface area contributed by atoms with Crippen molar-refractivity contribution in [1.82, 2.24) is 20.5 Å². The molecule has 6 nitrogen and oxygen atoms in total. The van der Waals surface area contributed by atoms with Gasteiger partial charge in [-0.1, -0.05) is 13.8 Å². The first-order chi connectivity index (χ1) is 12.4. The highest BCUT2D eigenvalue weighted by atomic mass is 127. The molecule has 2 N–H and O–H groups in total. The molecule has 1 aliphatic heterocycles. The first-order valence-electron chi connectivity index (χ1n) is 9.39. The number of aromatic nitrogens is 1. The molecule has 1 saturated heterocycles. The molecule has 0 bridgehead atoms. The van der Waals surface area contributed by atoms with E-state index in [4.69, 9.17) is 0 Å². The van der Waals surface area contributed by atoms with Crippen molar-refractivity contribution in [2.75, 3.05) is 45.7 Å². The van der Waals surface area contributed by atoms with Gasteiger partial charge in [0, 0.05) is 45.0 Å². The summed E-state index contributed by atoms with van der Waals surface area (Å²) < 4.78 is 13.9. The molecule has 2 heterocycles. The van der Waals surface area contributed by atoms with Crippen LogP contribution in [0.25, 0.3) is 0 Å². The van der Waals surface area contributed by atoms with Crippen molar-refractivity contribution >= 4 is 35.8 Å². The van der Waals surface area contributed by atoms with Gasteiger partial charge in [0.2, 0.25) is 0 Å². The van der Waals surface area contributed by atoms with E-state index in [-0.39, 0.29) is 35.8 Å².